The molecule has 0 unspecified atom stereocenters. The molecule has 1 amide bonds. The largest absolute Gasteiger partial charge is 0.486 e. The first-order valence-electron chi connectivity index (χ1n) is 7.41. The summed E-state index contributed by atoms with van der Waals surface area (Å²) in [6, 6.07) is 5.30. The highest BCUT2D eigenvalue weighted by Gasteiger charge is 2.22. The number of carbonyl (C=O) groups is 1. The van der Waals surface area contributed by atoms with E-state index in [2.05, 4.69) is 9.97 Å². The van der Waals surface area contributed by atoms with Crippen LogP contribution >= 0.6 is 23.2 Å². The van der Waals surface area contributed by atoms with Gasteiger partial charge in [0, 0.05) is 35.7 Å². The minimum Gasteiger partial charge on any atom is -0.486 e. The summed E-state index contributed by atoms with van der Waals surface area (Å²) in [7, 11) is 1.79. The highest BCUT2D eigenvalue weighted by Crippen LogP contribution is 2.25. The number of nitrogens with zero attached hydrogens (tertiary/aromatic N) is 4. The zero-order valence-corrected chi connectivity index (χ0v) is 14.6. The molecule has 0 saturated carbocycles. The molecule has 6 nitrogen and oxygen atoms in total. The first kappa shape index (κ1) is 16.8. The third kappa shape index (κ3) is 3.71. The van der Waals surface area contributed by atoms with Crippen molar-refractivity contribution in [3.05, 3.63) is 46.2 Å². The van der Waals surface area contributed by atoms with Gasteiger partial charge < -0.3 is 14.5 Å². The van der Waals surface area contributed by atoms with Gasteiger partial charge in [0.2, 0.25) is 11.9 Å². The molecule has 0 bridgehead atoms. The Hall–Kier alpha value is -2.05. The van der Waals surface area contributed by atoms with Gasteiger partial charge in [0.1, 0.15) is 6.61 Å². The monoisotopic (exact) mass is 366 g/mol. The predicted octanol–water partition coefficient (Wildman–Crippen LogP) is 2.64. The molecule has 2 heterocycles. The van der Waals surface area contributed by atoms with Gasteiger partial charge in [-0.2, -0.15) is 0 Å². The Morgan fingerprint density at radius 3 is 2.46 bits per heavy atom. The maximum Gasteiger partial charge on any atom is 0.242 e. The van der Waals surface area contributed by atoms with Crippen LogP contribution in [-0.2, 0) is 11.4 Å². The third-order valence-electron chi connectivity index (χ3n) is 3.80. The van der Waals surface area contributed by atoms with Gasteiger partial charge in [0.25, 0.3) is 0 Å². The van der Waals surface area contributed by atoms with E-state index >= 15 is 0 Å². The molecule has 3 rings (SSSR count). The number of benzene rings is 1. The SMILES string of the molecule is CN1CCN(c2ncc(OCc3c(Cl)cccc3Cl)cn2)CC1=O. The van der Waals surface area contributed by atoms with Crippen LogP contribution in [0, 0.1) is 0 Å². The van der Waals surface area contributed by atoms with E-state index in [0.717, 1.165) is 5.56 Å². The fourth-order valence-electron chi connectivity index (χ4n) is 2.30. The molecular formula is C16H16Cl2N4O2. The summed E-state index contributed by atoms with van der Waals surface area (Å²) in [4.78, 5) is 23.8. The number of amides is 1. The van der Waals surface area contributed by atoms with E-state index in [1.54, 1.807) is 42.5 Å². The Bertz CT molecular complexity index is 719. The van der Waals surface area contributed by atoms with Crippen molar-refractivity contribution in [1.29, 1.82) is 0 Å². The number of piperazine rings is 1. The van der Waals surface area contributed by atoms with Gasteiger partial charge in [0.15, 0.2) is 5.75 Å². The zero-order chi connectivity index (χ0) is 17.1. The highest BCUT2D eigenvalue weighted by atomic mass is 35.5. The van der Waals surface area contributed by atoms with Gasteiger partial charge in [-0.25, -0.2) is 9.97 Å². The standard InChI is InChI=1S/C16H16Cl2N4O2/c1-21-5-6-22(9-15(21)23)16-19-7-11(8-20-16)24-10-12-13(17)3-2-4-14(12)18/h2-4,7-8H,5-6,9-10H2,1H3. The second kappa shape index (κ2) is 7.23. The quantitative estimate of drug-likeness (QED) is 0.832. The minimum atomic E-state index is 0.0542. The molecule has 0 aliphatic carbocycles. The van der Waals surface area contributed by atoms with Crippen molar-refractivity contribution in [2.45, 2.75) is 6.61 Å². The van der Waals surface area contributed by atoms with Crippen molar-refractivity contribution in [2.75, 3.05) is 31.6 Å². The van der Waals surface area contributed by atoms with E-state index in [-0.39, 0.29) is 19.1 Å². The molecule has 1 aromatic heterocycles. The molecule has 1 saturated heterocycles. The number of rotatable bonds is 4. The van der Waals surface area contributed by atoms with E-state index in [9.17, 15) is 4.79 Å². The normalized spacial score (nSPS) is 14.9. The number of likely N-dealkylation sites (N-methyl/N-ethyl adjacent to an activating group) is 1. The number of hydrogen-bond donors (Lipinski definition) is 0. The molecule has 126 valence electrons. The number of hydrogen-bond acceptors (Lipinski definition) is 5. The lowest BCUT2D eigenvalue weighted by atomic mass is 10.2. The van der Waals surface area contributed by atoms with Gasteiger partial charge in [-0.15, -0.1) is 0 Å². The average Bonchev–Trinajstić information content (AvgIpc) is 2.57. The van der Waals surface area contributed by atoms with Crippen molar-refractivity contribution in [3.63, 3.8) is 0 Å². The molecule has 0 N–H and O–H groups in total. The zero-order valence-electron chi connectivity index (χ0n) is 13.1. The third-order valence-corrected chi connectivity index (χ3v) is 4.51. The second-order valence-corrected chi connectivity index (χ2v) is 6.26. The second-order valence-electron chi connectivity index (χ2n) is 5.44. The Kier molecular flexibility index (Phi) is 5.06. The summed E-state index contributed by atoms with van der Waals surface area (Å²) in [5.41, 5.74) is 0.717. The Morgan fingerprint density at radius 1 is 1.17 bits per heavy atom. The number of ether oxygens (including phenoxy) is 1. The molecule has 24 heavy (non-hydrogen) atoms. The van der Waals surface area contributed by atoms with Gasteiger partial charge in [0.05, 0.1) is 18.9 Å². The molecule has 1 aromatic carbocycles. The van der Waals surface area contributed by atoms with E-state index in [1.807, 2.05) is 4.90 Å². The smallest absolute Gasteiger partial charge is 0.242 e. The molecule has 0 spiro atoms. The molecule has 1 aliphatic rings. The molecular weight excluding hydrogens is 351 g/mol. The van der Waals surface area contributed by atoms with E-state index in [4.69, 9.17) is 27.9 Å². The molecule has 1 aliphatic heterocycles. The van der Waals surface area contributed by atoms with Crippen molar-refractivity contribution >= 4 is 35.1 Å². The van der Waals surface area contributed by atoms with Crippen molar-refractivity contribution in [1.82, 2.24) is 14.9 Å². The van der Waals surface area contributed by atoms with E-state index in [0.29, 0.717) is 34.8 Å². The lowest BCUT2D eigenvalue weighted by Gasteiger charge is -2.31. The van der Waals surface area contributed by atoms with Crippen LogP contribution in [0.4, 0.5) is 5.95 Å². The van der Waals surface area contributed by atoms with Gasteiger partial charge >= 0.3 is 0 Å². The number of anilines is 1. The minimum absolute atomic E-state index is 0.0542. The van der Waals surface area contributed by atoms with E-state index < -0.39 is 0 Å². The molecule has 1 fully saturated rings. The maximum atomic E-state index is 11.7. The summed E-state index contributed by atoms with van der Waals surface area (Å²) in [6.45, 7) is 1.88. The van der Waals surface area contributed by atoms with Crippen molar-refractivity contribution < 1.29 is 9.53 Å². The molecule has 8 heteroatoms. The average molecular weight is 367 g/mol. The Labute approximate surface area is 150 Å². The molecule has 0 atom stereocenters. The van der Waals surface area contributed by atoms with Crippen LogP contribution in [0.5, 0.6) is 5.75 Å². The van der Waals surface area contributed by atoms with Crippen LogP contribution in [0.1, 0.15) is 5.56 Å². The van der Waals surface area contributed by atoms with E-state index in [1.165, 1.54) is 0 Å². The van der Waals surface area contributed by atoms with Crippen LogP contribution in [0.3, 0.4) is 0 Å². The van der Waals surface area contributed by atoms with Gasteiger partial charge in [-0.1, -0.05) is 29.3 Å². The molecule has 0 radical (unpaired) electrons. The first-order chi connectivity index (χ1) is 11.5. The fraction of sp³-hybridized carbons (Fsp3) is 0.312. The number of carbonyl (C=O) groups excluding carboxylic acids is 1. The van der Waals surface area contributed by atoms with Gasteiger partial charge in [-0.05, 0) is 12.1 Å². The summed E-state index contributed by atoms with van der Waals surface area (Å²) >= 11 is 12.2. The fourth-order valence-corrected chi connectivity index (χ4v) is 2.81. The summed E-state index contributed by atoms with van der Waals surface area (Å²) in [5.74, 6) is 1.08. The highest BCUT2D eigenvalue weighted by molar-refractivity contribution is 6.35. The van der Waals surface area contributed by atoms with Crippen LogP contribution in [0.2, 0.25) is 10.0 Å². The number of aromatic nitrogens is 2. The topological polar surface area (TPSA) is 58.6 Å². The van der Waals surface area contributed by atoms with Crippen LogP contribution in [0.25, 0.3) is 0 Å². The maximum absolute atomic E-state index is 11.7. The Balaban J connectivity index is 1.64. The van der Waals surface area contributed by atoms with Crippen LogP contribution in [0.15, 0.2) is 30.6 Å². The van der Waals surface area contributed by atoms with Gasteiger partial charge in [-0.3, -0.25) is 4.79 Å². The van der Waals surface area contributed by atoms with Crippen LogP contribution < -0.4 is 9.64 Å². The predicted molar refractivity (Wildman–Crippen MR) is 92.7 cm³/mol. The molecule has 2 aromatic rings. The van der Waals surface area contributed by atoms with Crippen molar-refractivity contribution in [3.8, 4) is 5.75 Å². The summed E-state index contributed by atoms with van der Waals surface area (Å²) < 4.78 is 5.65. The Morgan fingerprint density at radius 2 is 1.83 bits per heavy atom. The lowest BCUT2D eigenvalue weighted by Crippen LogP contribution is -2.49. The number of halogens is 2. The summed E-state index contributed by atoms with van der Waals surface area (Å²) in [6.07, 6.45) is 3.16. The van der Waals surface area contributed by atoms with Crippen molar-refractivity contribution in [2.24, 2.45) is 0 Å². The lowest BCUT2D eigenvalue weighted by molar-refractivity contribution is -0.129. The summed E-state index contributed by atoms with van der Waals surface area (Å²) in [5, 5.41) is 1.10. The first-order valence-corrected chi connectivity index (χ1v) is 8.17. The van der Waals surface area contributed by atoms with Crippen LogP contribution in [-0.4, -0.2) is 47.5 Å².